The fourth-order valence-corrected chi connectivity index (χ4v) is 1.88. The van der Waals surface area contributed by atoms with Crippen LogP contribution in [0.1, 0.15) is 12.0 Å². The van der Waals surface area contributed by atoms with E-state index >= 15 is 0 Å². The van der Waals surface area contributed by atoms with Crippen LogP contribution in [0.5, 0.6) is 0 Å². The van der Waals surface area contributed by atoms with E-state index in [1.54, 1.807) is 13.3 Å². The molecule has 0 saturated carbocycles. The summed E-state index contributed by atoms with van der Waals surface area (Å²) in [5.74, 6) is 1.40. The summed E-state index contributed by atoms with van der Waals surface area (Å²) in [7, 11) is 1.69. The molecule has 0 fully saturated rings. The molecular weight excluding hydrogens is 288 g/mol. The summed E-state index contributed by atoms with van der Waals surface area (Å²) in [6, 6.07) is 9.57. The van der Waals surface area contributed by atoms with Crippen molar-refractivity contribution in [3.8, 4) is 0 Å². The number of rotatable bonds is 8. The Bertz CT molecular complexity index is 548. The summed E-state index contributed by atoms with van der Waals surface area (Å²) in [5.41, 5.74) is 1.15. The van der Waals surface area contributed by atoms with E-state index in [2.05, 4.69) is 20.6 Å². The highest BCUT2D eigenvalue weighted by Crippen LogP contribution is 2.12. The maximum atomic E-state index is 5.86. The quantitative estimate of drug-likeness (QED) is 0.734. The third-order valence-corrected chi connectivity index (χ3v) is 3.10. The van der Waals surface area contributed by atoms with Crippen molar-refractivity contribution in [3.05, 3.63) is 47.1 Å². The van der Waals surface area contributed by atoms with Gasteiger partial charge in [-0.25, -0.2) is 4.98 Å². The molecule has 2 N–H and O–H groups in total. The van der Waals surface area contributed by atoms with Gasteiger partial charge in [0.2, 0.25) is 5.95 Å². The van der Waals surface area contributed by atoms with E-state index in [1.165, 1.54) is 0 Å². The van der Waals surface area contributed by atoms with Gasteiger partial charge >= 0.3 is 0 Å². The minimum Gasteiger partial charge on any atom is -0.385 e. The van der Waals surface area contributed by atoms with Crippen LogP contribution in [0.25, 0.3) is 0 Å². The Morgan fingerprint density at radius 1 is 1.14 bits per heavy atom. The number of methoxy groups -OCH3 is 1. The molecule has 0 bridgehead atoms. The Morgan fingerprint density at radius 2 is 1.95 bits per heavy atom. The van der Waals surface area contributed by atoms with Crippen LogP contribution in [-0.2, 0) is 11.3 Å². The minimum absolute atomic E-state index is 0.618. The van der Waals surface area contributed by atoms with Gasteiger partial charge < -0.3 is 15.4 Å². The number of anilines is 2. The highest BCUT2D eigenvalue weighted by atomic mass is 35.5. The van der Waals surface area contributed by atoms with Gasteiger partial charge in [-0.1, -0.05) is 23.7 Å². The molecule has 0 amide bonds. The topological polar surface area (TPSA) is 59.1 Å². The lowest BCUT2D eigenvalue weighted by Gasteiger charge is -2.08. The van der Waals surface area contributed by atoms with Crippen LogP contribution in [0.2, 0.25) is 5.02 Å². The third-order valence-electron chi connectivity index (χ3n) is 2.85. The highest BCUT2D eigenvalue weighted by Gasteiger charge is 1.99. The van der Waals surface area contributed by atoms with Gasteiger partial charge in [0.05, 0.1) is 0 Å². The Labute approximate surface area is 129 Å². The third kappa shape index (κ3) is 5.57. The molecule has 5 nitrogen and oxygen atoms in total. The number of nitrogens with zero attached hydrogens (tertiary/aromatic N) is 2. The number of nitrogens with one attached hydrogen (secondary N) is 2. The Morgan fingerprint density at radius 3 is 2.71 bits per heavy atom. The van der Waals surface area contributed by atoms with Gasteiger partial charge in [0.15, 0.2) is 0 Å². The molecule has 1 heterocycles. The number of ether oxygens (including phenoxy) is 1. The first-order valence-corrected chi connectivity index (χ1v) is 7.20. The van der Waals surface area contributed by atoms with E-state index in [0.717, 1.165) is 36.0 Å². The van der Waals surface area contributed by atoms with Crippen LogP contribution >= 0.6 is 11.6 Å². The summed E-state index contributed by atoms with van der Waals surface area (Å²) in [5, 5.41) is 7.17. The van der Waals surface area contributed by atoms with Crippen molar-refractivity contribution < 1.29 is 4.74 Å². The summed E-state index contributed by atoms with van der Waals surface area (Å²) in [6.07, 6.45) is 2.65. The molecule has 0 unspecified atom stereocenters. The molecule has 1 aromatic heterocycles. The molecule has 2 aromatic rings. The van der Waals surface area contributed by atoms with Crippen molar-refractivity contribution in [2.45, 2.75) is 13.0 Å². The molecule has 0 aliphatic carbocycles. The number of hydrogen-bond acceptors (Lipinski definition) is 5. The number of hydrogen-bond donors (Lipinski definition) is 2. The van der Waals surface area contributed by atoms with E-state index in [1.807, 2.05) is 30.3 Å². The van der Waals surface area contributed by atoms with E-state index < -0.39 is 0 Å². The second-order valence-electron chi connectivity index (χ2n) is 4.52. The van der Waals surface area contributed by atoms with E-state index in [4.69, 9.17) is 16.3 Å². The van der Waals surface area contributed by atoms with Crippen LogP contribution in [-0.4, -0.2) is 30.2 Å². The molecule has 0 aliphatic heterocycles. The van der Waals surface area contributed by atoms with Crippen LogP contribution in [0, 0.1) is 0 Å². The Balaban J connectivity index is 1.84. The molecule has 112 valence electrons. The zero-order valence-electron chi connectivity index (χ0n) is 12.0. The molecule has 6 heteroatoms. The Kier molecular flexibility index (Phi) is 6.24. The fourth-order valence-electron chi connectivity index (χ4n) is 1.75. The van der Waals surface area contributed by atoms with Crippen LogP contribution < -0.4 is 10.6 Å². The largest absolute Gasteiger partial charge is 0.385 e. The number of aromatic nitrogens is 2. The summed E-state index contributed by atoms with van der Waals surface area (Å²) < 4.78 is 5.00. The summed E-state index contributed by atoms with van der Waals surface area (Å²) in [4.78, 5) is 8.59. The average molecular weight is 307 g/mol. The van der Waals surface area contributed by atoms with Crippen molar-refractivity contribution in [3.63, 3.8) is 0 Å². The fraction of sp³-hybridized carbons (Fsp3) is 0.333. The molecular formula is C15H19ClN4O. The Hall–Kier alpha value is -1.85. The summed E-state index contributed by atoms with van der Waals surface area (Å²) in [6.45, 7) is 2.20. The standard InChI is InChI=1S/C15H19ClN4O/c1-21-10-2-8-17-15-18-9-7-14(20-15)19-11-12-3-5-13(16)6-4-12/h3-7,9H,2,8,10-11H2,1H3,(H2,17,18,19,20). The van der Waals surface area contributed by atoms with Gasteiger partial charge in [0.1, 0.15) is 5.82 Å². The lowest BCUT2D eigenvalue weighted by Crippen LogP contribution is -2.09. The lowest BCUT2D eigenvalue weighted by molar-refractivity contribution is 0.197. The van der Waals surface area contributed by atoms with Crippen molar-refractivity contribution >= 4 is 23.4 Å². The normalized spacial score (nSPS) is 10.4. The van der Waals surface area contributed by atoms with E-state index in [9.17, 15) is 0 Å². The second-order valence-corrected chi connectivity index (χ2v) is 4.96. The first kappa shape index (κ1) is 15.5. The van der Waals surface area contributed by atoms with E-state index in [-0.39, 0.29) is 0 Å². The van der Waals surface area contributed by atoms with Crippen molar-refractivity contribution in [1.29, 1.82) is 0 Å². The molecule has 0 atom stereocenters. The van der Waals surface area contributed by atoms with Gasteiger partial charge in [-0.3, -0.25) is 0 Å². The first-order chi connectivity index (χ1) is 10.3. The molecule has 0 saturated heterocycles. The molecule has 2 rings (SSSR count). The molecule has 1 aromatic carbocycles. The monoisotopic (exact) mass is 306 g/mol. The lowest BCUT2D eigenvalue weighted by atomic mass is 10.2. The SMILES string of the molecule is COCCCNc1nccc(NCc2ccc(Cl)cc2)n1. The van der Waals surface area contributed by atoms with Crippen molar-refractivity contribution in [1.82, 2.24) is 9.97 Å². The van der Waals surface area contributed by atoms with Crippen LogP contribution in [0.3, 0.4) is 0 Å². The smallest absolute Gasteiger partial charge is 0.224 e. The predicted octanol–water partition coefficient (Wildman–Crippen LogP) is 3.19. The van der Waals surface area contributed by atoms with Gasteiger partial charge in [0, 0.05) is 38.0 Å². The second kappa shape index (κ2) is 8.44. The molecule has 0 radical (unpaired) electrons. The summed E-state index contributed by atoms with van der Waals surface area (Å²) >= 11 is 5.86. The van der Waals surface area contributed by atoms with E-state index in [0.29, 0.717) is 12.5 Å². The highest BCUT2D eigenvalue weighted by molar-refractivity contribution is 6.30. The molecule has 0 aliphatic rings. The molecule has 21 heavy (non-hydrogen) atoms. The number of halogens is 1. The number of benzene rings is 1. The van der Waals surface area contributed by atoms with Crippen molar-refractivity contribution in [2.24, 2.45) is 0 Å². The first-order valence-electron chi connectivity index (χ1n) is 6.82. The predicted molar refractivity (Wildman–Crippen MR) is 85.8 cm³/mol. The van der Waals surface area contributed by atoms with Gasteiger partial charge in [-0.05, 0) is 30.2 Å². The van der Waals surface area contributed by atoms with Gasteiger partial charge in [-0.15, -0.1) is 0 Å². The van der Waals surface area contributed by atoms with Crippen LogP contribution in [0.4, 0.5) is 11.8 Å². The zero-order chi connectivity index (χ0) is 14.9. The maximum Gasteiger partial charge on any atom is 0.224 e. The van der Waals surface area contributed by atoms with Crippen LogP contribution in [0.15, 0.2) is 36.5 Å². The average Bonchev–Trinajstić information content (AvgIpc) is 2.52. The van der Waals surface area contributed by atoms with Crippen molar-refractivity contribution in [2.75, 3.05) is 30.9 Å². The van der Waals surface area contributed by atoms with Gasteiger partial charge in [-0.2, -0.15) is 4.98 Å². The molecule has 0 spiro atoms. The zero-order valence-corrected chi connectivity index (χ0v) is 12.7. The van der Waals surface area contributed by atoms with Gasteiger partial charge in [0.25, 0.3) is 0 Å². The maximum absolute atomic E-state index is 5.86. The minimum atomic E-state index is 0.618.